The van der Waals surface area contributed by atoms with E-state index < -0.39 is 0 Å². The Morgan fingerprint density at radius 3 is 2.95 bits per heavy atom. The summed E-state index contributed by atoms with van der Waals surface area (Å²) in [6.07, 6.45) is 7.77. The molecule has 116 valence electrons. The Morgan fingerprint density at radius 1 is 1.38 bits per heavy atom. The molecule has 5 heteroatoms. The first-order valence-electron chi connectivity index (χ1n) is 8.19. The minimum Gasteiger partial charge on any atom is -0.376 e. The molecule has 0 bridgehead atoms. The zero-order valence-electron chi connectivity index (χ0n) is 12.7. The lowest BCUT2D eigenvalue weighted by Crippen LogP contribution is -2.32. The van der Waals surface area contributed by atoms with Crippen LogP contribution in [-0.4, -0.2) is 35.4 Å². The van der Waals surface area contributed by atoms with E-state index in [4.69, 9.17) is 4.74 Å². The monoisotopic (exact) mass is 291 g/mol. The average molecular weight is 291 g/mol. The topological polar surface area (TPSA) is 67.0 Å². The second kappa shape index (κ2) is 6.60. The number of hydrogen-bond donors (Lipinski definition) is 2. The number of hydrogen-bond acceptors (Lipinski definition) is 3. The van der Waals surface area contributed by atoms with Crippen LogP contribution in [0.1, 0.15) is 67.5 Å². The van der Waals surface area contributed by atoms with Crippen molar-refractivity contribution in [1.29, 1.82) is 0 Å². The summed E-state index contributed by atoms with van der Waals surface area (Å²) in [5.41, 5.74) is 1.58. The van der Waals surface area contributed by atoms with Crippen LogP contribution in [0.3, 0.4) is 0 Å². The van der Waals surface area contributed by atoms with Gasteiger partial charge in [0.1, 0.15) is 5.69 Å². The predicted molar refractivity (Wildman–Crippen MR) is 80.3 cm³/mol. The van der Waals surface area contributed by atoms with Gasteiger partial charge >= 0.3 is 0 Å². The molecule has 1 aromatic heterocycles. The molecule has 2 saturated carbocycles. The van der Waals surface area contributed by atoms with Gasteiger partial charge in [-0.3, -0.25) is 9.89 Å². The number of nitrogens with zero attached hydrogens (tertiary/aromatic N) is 1. The van der Waals surface area contributed by atoms with Crippen LogP contribution >= 0.6 is 0 Å². The smallest absolute Gasteiger partial charge is 0.271 e. The van der Waals surface area contributed by atoms with Crippen molar-refractivity contribution < 1.29 is 9.53 Å². The molecule has 2 atom stereocenters. The van der Waals surface area contributed by atoms with Crippen molar-refractivity contribution in [3.8, 4) is 0 Å². The van der Waals surface area contributed by atoms with Crippen molar-refractivity contribution in [2.45, 2.75) is 57.5 Å². The van der Waals surface area contributed by atoms with Crippen LogP contribution in [0.2, 0.25) is 0 Å². The van der Waals surface area contributed by atoms with Crippen molar-refractivity contribution in [2.24, 2.45) is 5.92 Å². The zero-order valence-corrected chi connectivity index (χ0v) is 12.7. The number of nitrogens with one attached hydrogen (secondary N) is 2. The average Bonchev–Trinajstić information content (AvgIpc) is 3.22. The maximum absolute atomic E-state index is 12.0. The zero-order chi connectivity index (χ0) is 14.7. The van der Waals surface area contributed by atoms with Gasteiger partial charge in [0.15, 0.2) is 0 Å². The van der Waals surface area contributed by atoms with E-state index in [1.54, 1.807) is 0 Å². The summed E-state index contributed by atoms with van der Waals surface area (Å²) in [5, 5.41) is 9.91. The number of aromatic amines is 1. The molecular weight excluding hydrogens is 266 g/mol. The fraction of sp³-hybridized carbons (Fsp3) is 0.750. The van der Waals surface area contributed by atoms with Crippen LogP contribution in [0.5, 0.6) is 0 Å². The van der Waals surface area contributed by atoms with Gasteiger partial charge in [0.25, 0.3) is 5.91 Å². The van der Waals surface area contributed by atoms with Crippen molar-refractivity contribution in [1.82, 2.24) is 15.5 Å². The number of aromatic nitrogens is 2. The first-order valence-corrected chi connectivity index (χ1v) is 8.19. The summed E-state index contributed by atoms with van der Waals surface area (Å²) in [6.45, 7) is 3.39. The maximum Gasteiger partial charge on any atom is 0.271 e. The Morgan fingerprint density at radius 2 is 2.19 bits per heavy atom. The van der Waals surface area contributed by atoms with E-state index in [2.05, 4.69) is 22.4 Å². The summed E-state index contributed by atoms with van der Waals surface area (Å²) < 4.78 is 5.89. The van der Waals surface area contributed by atoms with E-state index in [-0.39, 0.29) is 5.91 Å². The SMILES string of the molecule is C[C@@H]1CCCC[C@H]1OCCNC(=O)c1cc(C2CC2)[nH]n1. The van der Waals surface area contributed by atoms with E-state index in [1.165, 1.54) is 32.1 Å². The molecule has 1 aromatic rings. The highest BCUT2D eigenvalue weighted by atomic mass is 16.5. The predicted octanol–water partition coefficient (Wildman–Crippen LogP) is 2.61. The summed E-state index contributed by atoms with van der Waals surface area (Å²) in [6, 6.07) is 1.87. The Hall–Kier alpha value is -1.36. The molecule has 0 aliphatic heterocycles. The quantitative estimate of drug-likeness (QED) is 0.792. The summed E-state index contributed by atoms with van der Waals surface area (Å²) in [4.78, 5) is 12.0. The van der Waals surface area contributed by atoms with Gasteiger partial charge in [-0.05, 0) is 37.7 Å². The van der Waals surface area contributed by atoms with Gasteiger partial charge < -0.3 is 10.1 Å². The normalized spacial score (nSPS) is 25.8. The van der Waals surface area contributed by atoms with Gasteiger partial charge in [-0.25, -0.2) is 0 Å². The summed E-state index contributed by atoms with van der Waals surface area (Å²) >= 11 is 0. The lowest BCUT2D eigenvalue weighted by Gasteiger charge is -2.28. The molecule has 0 saturated heterocycles. The molecule has 2 aliphatic carbocycles. The first-order chi connectivity index (χ1) is 10.2. The maximum atomic E-state index is 12.0. The second-order valence-electron chi connectivity index (χ2n) is 6.41. The molecule has 0 unspecified atom stereocenters. The first kappa shape index (κ1) is 14.6. The third kappa shape index (κ3) is 3.84. The van der Waals surface area contributed by atoms with E-state index in [0.717, 1.165) is 12.1 Å². The summed E-state index contributed by atoms with van der Waals surface area (Å²) in [7, 11) is 0. The molecule has 21 heavy (non-hydrogen) atoms. The molecule has 2 fully saturated rings. The van der Waals surface area contributed by atoms with Gasteiger partial charge in [-0.2, -0.15) is 5.10 Å². The van der Waals surface area contributed by atoms with Gasteiger partial charge in [0, 0.05) is 18.2 Å². The molecular formula is C16H25N3O2. The number of ether oxygens (including phenoxy) is 1. The molecule has 1 amide bonds. The van der Waals surface area contributed by atoms with Crippen molar-refractivity contribution in [2.75, 3.05) is 13.2 Å². The molecule has 1 heterocycles. The number of carbonyl (C=O) groups is 1. The number of amides is 1. The molecule has 2 aliphatic rings. The highest BCUT2D eigenvalue weighted by molar-refractivity contribution is 5.92. The van der Waals surface area contributed by atoms with E-state index in [1.807, 2.05) is 6.07 Å². The van der Waals surface area contributed by atoms with Gasteiger partial charge in [0.05, 0.1) is 12.7 Å². The van der Waals surface area contributed by atoms with E-state index in [9.17, 15) is 4.79 Å². The fourth-order valence-electron chi connectivity index (χ4n) is 3.05. The number of H-pyrrole nitrogens is 1. The van der Waals surface area contributed by atoms with Crippen molar-refractivity contribution >= 4 is 5.91 Å². The molecule has 3 rings (SSSR count). The lowest BCUT2D eigenvalue weighted by molar-refractivity contribution is -0.00295. The second-order valence-corrected chi connectivity index (χ2v) is 6.41. The van der Waals surface area contributed by atoms with Crippen LogP contribution in [-0.2, 0) is 4.74 Å². The number of rotatable bonds is 6. The van der Waals surface area contributed by atoms with Crippen LogP contribution in [0.15, 0.2) is 6.07 Å². The molecule has 0 aromatic carbocycles. The Balaban J connectivity index is 1.37. The third-order valence-corrected chi connectivity index (χ3v) is 4.60. The van der Waals surface area contributed by atoms with E-state index >= 15 is 0 Å². The van der Waals surface area contributed by atoms with Crippen molar-refractivity contribution in [3.63, 3.8) is 0 Å². The van der Waals surface area contributed by atoms with Gasteiger partial charge in [-0.1, -0.05) is 19.8 Å². The van der Waals surface area contributed by atoms with Gasteiger partial charge in [-0.15, -0.1) is 0 Å². The van der Waals surface area contributed by atoms with E-state index in [0.29, 0.717) is 36.8 Å². The molecule has 0 spiro atoms. The highest BCUT2D eigenvalue weighted by Crippen LogP contribution is 2.38. The Bertz CT molecular complexity index is 482. The molecule has 2 N–H and O–H groups in total. The minimum absolute atomic E-state index is 0.113. The van der Waals surface area contributed by atoms with Crippen LogP contribution in [0, 0.1) is 5.92 Å². The highest BCUT2D eigenvalue weighted by Gasteiger charge is 2.26. The van der Waals surface area contributed by atoms with Crippen molar-refractivity contribution in [3.05, 3.63) is 17.5 Å². The lowest BCUT2D eigenvalue weighted by atomic mass is 9.88. The largest absolute Gasteiger partial charge is 0.376 e. The number of carbonyl (C=O) groups excluding carboxylic acids is 1. The molecule has 5 nitrogen and oxygen atoms in total. The minimum atomic E-state index is -0.113. The standard InChI is InChI=1S/C16H25N3O2/c1-11-4-2-3-5-15(11)21-9-8-17-16(20)14-10-13(18-19-14)12-6-7-12/h10-12,15H,2-9H2,1H3,(H,17,20)(H,18,19)/t11-,15-/m1/s1. The van der Waals surface area contributed by atoms with Gasteiger partial charge in [0.2, 0.25) is 0 Å². The summed E-state index contributed by atoms with van der Waals surface area (Å²) in [5.74, 6) is 1.12. The van der Waals surface area contributed by atoms with Crippen LogP contribution in [0.25, 0.3) is 0 Å². The Labute approximate surface area is 125 Å². The fourth-order valence-corrected chi connectivity index (χ4v) is 3.05. The van der Waals surface area contributed by atoms with Crippen LogP contribution in [0.4, 0.5) is 0 Å². The third-order valence-electron chi connectivity index (χ3n) is 4.60. The molecule has 0 radical (unpaired) electrons. The Kier molecular flexibility index (Phi) is 4.58. The van der Waals surface area contributed by atoms with Crippen LogP contribution < -0.4 is 5.32 Å².